The molecule has 0 saturated heterocycles. The topological polar surface area (TPSA) is 66.4 Å². The Bertz CT molecular complexity index is 439. The van der Waals surface area contributed by atoms with Crippen molar-refractivity contribution in [1.29, 1.82) is 0 Å². The molecule has 1 aliphatic carbocycles. The third kappa shape index (κ3) is 2.36. The first-order valence-electron chi connectivity index (χ1n) is 4.80. The zero-order valence-electron chi connectivity index (χ0n) is 8.33. The van der Waals surface area contributed by atoms with Crippen LogP contribution in [0.15, 0.2) is 12.1 Å². The molecule has 0 unspecified atom stereocenters. The molecule has 0 aromatic carbocycles. The summed E-state index contributed by atoms with van der Waals surface area (Å²) in [5, 5.41) is 11.4. The van der Waals surface area contributed by atoms with Crippen molar-refractivity contribution in [1.82, 2.24) is 5.32 Å². The quantitative estimate of drug-likeness (QED) is 0.865. The molecule has 6 heteroatoms. The number of aliphatic carboxylic acids is 1. The molecule has 2 rings (SSSR count). The van der Waals surface area contributed by atoms with Crippen molar-refractivity contribution in [2.75, 3.05) is 0 Å². The van der Waals surface area contributed by atoms with Gasteiger partial charge in [-0.1, -0.05) is 11.6 Å². The van der Waals surface area contributed by atoms with Gasteiger partial charge in [-0.15, -0.1) is 11.3 Å². The molecule has 0 bridgehead atoms. The minimum absolute atomic E-state index is 0.187. The van der Waals surface area contributed by atoms with E-state index in [1.807, 2.05) is 0 Å². The van der Waals surface area contributed by atoms with E-state index < -0.39 is 11.5 Å². The van der Waals surface area contributed by atoms with Gasteiger partial charge in [0.2, 0.25) is 5.91 Å². The third-order valence-electron chi connectivity index (χ3n) is 2.50. The van der Waals surface area contributed by atoms with E-state index in [2.05, 4.69) is 5.32 Å². The number of carbonyl (C=O) groups is 2. The number of amides is 1. The van der Waals surface area contributed by atoms with Crippen molar-refractivity contribution in [3.63, 3.8) is 0 Å². The summed E-state index contributed by atoms with van der Waals surface area (Å²) < 4.78 is 0.627. The normalized spacial score (nSPS) is 16.8. The highest BCUT2D eigenvalue weighted by molar-refractivity contribution is 7.16. The zero-order chi connectivity index (χ0) is 11.8. The number of halogens is 1. The SMILES string of the molecule is O=C(Cc1ccc(Cl)s1)NC1(C(=O)O)CC1. The summed E-state index contributed by atoms with van der Waals surface area (Å²) >= 11 is 7.06. The van der Waals surface area contributed by atoms with Crippen LogP contribution in [0.25, 0.3) is 0 Å². The van der Waals surface area contributed by atoms with Crippen molar-refractivity contribution >= 4 is 34.8 Å². The molecule has 0 atom stereocenters. The fourth-order valence-electron chi connectivity index (χ4n) is 1.43. The van der Waals surface area contributed by atoms with Crippen LogP contribution in [0.4, 0.5) is 0 Å². The van der Waals surface area contributed by atoms with Gasteiger partial charge in [0, 0.05) is 4.88 Å². The van der Waals surface area contributed by atoms with Crippen LogP contribution in [0.1, 0.15) is 17.7 Å². The Balaban J connectivity index is 1.92. The molecule has 1 aliphatic rings. The molecule has 0 radical (unpaired) electrons. The Morgan fingerprint density at radius 2 is 2.19 bits per heavy atom. The van der Waals surface area contributed by atoms with Gasteiger partial charge in [0.1, 0.15) is 5.54 Å². The Hall–Kier alpha value is -1.07. The second-order valence-electron chi connectivity index (χ2n) is 3.82. The number of thiophene rings is 1. The summed E-state index contributed by atoms with van der Waals surface area (Å²) in [4.78, 5) is 23.3. The van der Waals surface area contributed by atoms with E-state index >= 15 is 0 Å². The lowest BCUT2D eigenvalue weighted by Gasteiger charge is -2.11. The molecule has 1 aromatic rings. The second-order valence-corrected chi connectivity index (χ2v) is 5.62. The number of nitrogens with one attached hydrogen (secondary N) is 1. The van der Waals surface area contributed by atoms with Crippen LogP contribution >= 0.6 is 22.9 Å². The van der Waals surface area contributed by atoms with Gasteiger partial charge in [-0.2, -0.15) is 0 Å². The molecule has 0 spiro atoms. The molecule has 1 aromatic heterocycles. The van der Waals surface area contributed by atoms with Crippen LogP contribution in [-0.2, 0) is 16.0 Å². The molecule has 86 valence electrons. The number of carboxylic acids is 1. The molecule has 1 fully saturated rings. The minimum atomic E-state index is -1.00. The van der Waals surface area contributed by atoms with Crippen LogP contribution in [-0.4, -0.2) is 22.5 Å². The third-order valence-corrected chi connectivity index (χ3v) is 3.73. The van der Waals surface area contributed by atoms with E-state index in [0.29, 0.717) is 17.2 Å². The number of carbonyl (C=O) groups excluding carboxylic acids is 1. The Morgan fingerprint density at radius 1 is 1.50 bits per heavy atom. The Labute approximate surface area is 101 Å². The summed E-state index contributed by atoms with van der Waals surface area (Å²) in [5.41, 5.74) is -1.00. The van der Waals surface area contributed by atoms with Crippen LogP contribution in [0.5, 0.6) is 0 Å². The van der Waals surface area contributed by atoms with Crippen molar-refractivity contribution in [3.05, 3.63) is 21.3 Å². The fourth-order valence-corrected chi connectivity index (χ4v) is 2.52. The monoisotopic (exact) mass is 259 g/mol. The van der Waals surface area contributed by atoms with Crippen LogP contribution in [0.3, 0.4) is 0 Å². The van der Waals surface area contributed by atoms with E-state index in [-0.39, 0.29) is 12.3 Å². The van der Waals surface area contributed by atoms with Crippen molar-refractivity contribution in [2.45, 2.75) is 24.8 Å². The average Bonchev–Trinajstić information content (AvgIpc) is 2.85. The van der Waals surface area contributed by atoms with Gasteiger partial charge in [0.25, 0.3) is 0 Å². The maximum atomic E-state index is 11.6. The van der Waals surface area contributed by atoms with Gasteiger partial charge >= 0.3 is 5.97 Å². The summed E-state index contributed by atoms with van der Waals surface area (Å²) in [6, 6.07) is 3.49. The molecular weight excluding hydrogens is 250 g/mol. The van der Waals surface area contributed by atoms with E-state index in [9.17, 15) is 9.59 Å². The number of hydrogen-bond donors (Lipinski definition) is 2. The molecule has 16 heavy (non-hydrogen) atoms. The summed E-state index contributed by atoms with van der Waals surface area (Å²) in [6.45, 7) is 0. The van der Waals surface area contributed by atoms with Crippen molar-refractivity contribution in [2.24, 2.45) is 0 Å². The lowest BCUT2D eigenvalue weighted by Crippen LogP contribution is -2.43. The number of hydrogen-bond acceptors (Lipinski definition) is 3. The predicted molar refractivity (Wildman–Crippen MR) is 60.8 cm³/mol. The molecule has 1 saturated carbocycles. The lowest BCUT2D eigenvalue weighted by atomic mass is 10.2. The molecule has 0 aliphatic heterocycles. The van der Waals surface area contributed by atoms with Crippen LogP contribution in [0, 0.1) is 0 Å². The van der Waals surface area contributed by atoms with Gasteiger partial charge in [0.15, 0.2) is 0 Å². The molecule has 4 nitrogen and oxygen atoms in total. The van der Waals surface area contributed by atoms with E-state index in [0.717, 1.165) is 4.88 Å². The van der Waals surface area contributed by atoms with Gasteiger partial charge in [-0.25, -0.2) is 4.79 Å². The molecule has 1 heterocycles. The zero-order valence-corrected chi connectivity index (χ0v) is 9.90. The average molecular weight is 260 g/mol. The number of carboxylic acid groups (broad SMARTS) is 1. The van der Waals surface area contributed by atoms with Crippen molar-refractivity contribution < 1.29 is 14.7 Å². The minimum Gasteiger partial charge on any atom is -0.480 e. The smallest absolute Gasteiger partial charge is 0.329 e. The van der Waals surface area contributed by atoms with E-state index in [1.165, 1.54) is 11.3 Å². The molecule has 1 amide bonds. The van der Waals surface area contributed by atoms with Crippen LogP contribution < -0.4 is 5.32 Å². The van der Waals surface area contributed by atoms with Crippen LogP contribution in [0.2, 0.25) is 4.34 Å². The van der Waals surface area contributed by atoms with Gasteiger partial charge < -0.3 is 10.4 Å². The second kappa shape index (κ2) is 4.07. The molecular formula is C10H10ClNO3S. The molecule has 2 N–H and O–H groups in total. The predicted octanol–water partition coefficient (Wildman–Crippen LogP) is 1.68. The lowest BCUT2D eigenvalue weighted by molar-refractivity contribution is -0.143. The van der Waals surface area contributed by atoms with Gasteiger partial charge in [0.05, 0.1) is 10.8 Å². The van der Waals surface area contributed by atoms with E-state index in [1.54, 1.807) is 12.1 Å². The maximum Gasteiger partial charge on any atom is 0.329 e. The number of rotatable bonds is 4. The standard InChI is InChI=1S/C10H10ClNO3S/c11-7-2-1-6(16-7)5-8(13)12-10(3-4-10)9(14)15/h1-2H,3-5H2,(H,12,13)(H,14,15). The Kier molecular flexibility index (Phi) is 2.90. The summed E-state index contributed by atoms with van der Waals surface area (Å²) in [5.74, 6) is -1.22. The van der Waals surface area contributed by atoms with Crippen molar-refractivity contribution in [3.8, 4) is 0 Å². The summed E-state index contributed by atoms with van der Waals surface area (Å²) in [7, 11) is 0. The first kappa shape index (κ1) is 11.4. The largest absolute Gasteiger partial charge is 0.480 e. The van der Waals surface area contributed by atoms with Gasteiger partial charge in [-0.3, -0.25) is 4.79 Å². The maximum absolute atomic E-state index is 11.6. The highest BCUT2D eigenvalue weighted by Gasteiger charge is 2.51. The Morgan fingerprint density at radius 3 is 2.62 bits per heavy atom. The fraction of sp³-hybridized carbons (Fsp3) is 0.400. The van der Waals surface area contributed by atoms with E-state index in [4.69, 9.17) is 16.7 Å². The first-order chi connectivity index (χ1) is 7.52. The summed E-state index contributed by atoms with van der Waals surface area (Å²) in [6.07, 6.45) is 1.21. The highest BCUT2D eigenvalue weighted by Crippen LogP contribution is 2.35. The first-order valence-corrected chi connectivity index (χ1v) is 6.00. The van der Waals surface area contributed by atoms with Gasteiger partial charge in [-0.05, 0) is 25.0 Å². The highest BCUT2D eigenvalue weighted by atomic mass is 35.5.